The highest BCUT2D eigenvalue weighted by Crippen LogP contribution is 2.30. The van der Waals surface area contributed by atoms with Gasteiger partial charge in [0.25, 0.3) is 0 Å². The zero-order valence-corrected chi connectivity index (χ0v) is 13.3. The van der Waals surface area contributed by atoms with E-state index in [4.69, 9.17) is 9.47 Å². The van der Waals surface area contributed by atoms with Crippen molar-refractivity contribution in [3.63, 3.8) is 0 Å². The monoisotopic (exact) mass is 305 g/mol. The van der Waals surface area contributed by atoms with Crippen LogP contribution in [0.3, 0.4) is 0 Å². The molecule has 0 atom stereocenters. The maximum atomic E-state index is 11.7. The lowest BCUT2D eigenvalue weighted by molar-refractivity contribution is 0.101. The Morgan fingerprint density at radius 2 is 2.00 bits per heavy atom. The van der Waals surface area contributed by atoms with Gasteiger partial charge in [-0.3, -0.25) is 4.79 Å². The number of nitrogens with zero attached hydrogens (tertiary/aromatic N) is 1. The second-order valence-electron chi connectivity index (χ2n) is 4.66. The van der Waals surface area contributed by atoms with Gasteiger partial charge < -0.3 is 9.47 Å². The van der Waals surface area contributed by atoms with E-state index in [9.17, 15) is 4.79 Å². The minimum atomic E-state index is 0.0219. The topological polar surface area (TPSA) is 48.4 Å². The van der Waals surface area contributed by atoms with Gasteiger partial charge in [-0.15, -0.1) is 11.3 Å². The Morgan fingerprint density at radius 1 is 1.29 bits per heavy atom. The van der Waals surface area contributed by atoms with Crippen molar-refractivity contribution in [2.75, 3.05) is 13.7 Å². The van der Waals surface area contributed by atoms with E-state index in [2.05, 4.69) is 11.9 Å². The van der Waals surface area contributed by atoms with E-state index in [1.165, 1.54) is 11.3 Å². The number of carbonyl (C=O) groups excluding carboxylic acids is 1. The summed E-state index contributed by atoms with van der Waals surface area (Å²) < 4.78 is 10.7. The molecule has 0 N–H and O–H groups in total. The Balaban J connectivity index is 2.25. The Kier molecular flexibility index (Phi) is 5.47. The second kappa shape index (κ2) is 7.33. The summed E-state index contributed by atoms with van der Waals surface area (Å²) in [6.07, 6.45) is 0.983. The van der Waals surface area contributed by atoms with Gasteiger partial charge in [-0.1, -0.05) is 6.92 Å². The smallest absolute Gasteiger partial charge is 0.171 e. The van der Waals surface area contributed by atoms with E-state index in [1.54, 1.807) is 14.0 Å². The van der Waals surface area contributed by atoms with Crippen molar-refractivity contribution in [3.8, 4) is 16.3 Å². The predicted molar refractivity (Wildman–Crippen MR) is 84.1 cm³/mol. The van der Waals surface area contributed by atoms with Gasteiger partial charge in [-0.05, 0) is 30.7 Å². The van der Waals surface area contributed by atoms with Crippen LogP contribution in [-0.2, 0) is 11.3 Å². The number of ketones is 1. The molecule has 0 fully saturated rings. The molecule has 5 heteroatoms. The molecule has 112 valence electrons. The van der Waals surface area contributed by atoms with E-state index >= 15 is 0 Å². The number of Topliss-reactive ketones (excluding diaryl/α,β-unsaturated/α-hetero) is 1. The number of benzene rings is 1. The number of hydrogen-bond donors (Lipinski definition) is 0. The number of methoxy groups -OCH3 is 1. The Morgan fingerprint density at radius 3 is 2.57 bits per heavy atom. The van der Waals surface area contributed by atoms with E-state index in [-0.39, 0.29) is 5.78 Å². The molecule has 2 aromatic rings. The first kappa shape index (κ1) is 15.7. The van der Waals surface area contributed by atoms with Gasteiger partial charge in [0.2, 0.25) is 0 Å². The van der Waals surface area contributed by atoms with Gasteiger partial charge in [0.1, 0.15) is 10.8 Å². The van der Waals surface area contributed by atoms with Crippen molar-refractivity contribution in [3.05, 3.63) is 34.8 Å². The molecule has 0 aliphatic carbocycles. The fraction of sp³-hybridized carbons (Fsp3) is 0.375. The molecule has 4 nitrogen and oxygen atoms in total. The van der Waals surface area contributed by atoms with Crippen molar-refractivity contribution in [1.82, 2.24) is 4.98 Å². The summed E-state index contributed by atoms with van der Waals surface area (Å²) >= 11 is 1.40. The number of aromatic nitrogens is 1. The molecule has 0 saturated carbocycles. The van der Waals surface area contributed by atoms with Crippen molar-refractivity contribution >= 4 is 17.1 Å². The maximum Gasteiger partial charge on any atom is 0.171 e. The number of thiazole rings is 1. The average molecular weight is 305 g/mol. The zero-order chi connectivity index (χ0) is 15.2. The average Bonchev–Trinajstić information content (AvgIpc) is 2.90. The highest BCUT2D eigenvalue weighted by molar-refractivity contribution is 7.17. The van der Waals surface area contributed by atoms with Crippen LogP contribution in [0.1, 0.15) is 35.6 Å². The molecular formula is C16H19NO3S. The fourth-order valence-electron chi connectivity index (χ4n) is 1.90. The predicted octanol–water partition coefficient (Wildman–Crippen LogP) is 3.95. The first-order valence-electron chi connectivity index (χ1n) is 6.88. The number of hydrogen-bond acceptors (Lipinski definition) is 5. The third-order valence-electron chi connectivity index (χ3n) is 2.87. The van der Waals surface area contributed by atoms with Gasteiger partial charge >= 0.3 is 0 Å². The van der Waals surface area contributed by atoms with Gasteiger partial charge in [0.15, 0.2) is 5.78 Å². The molecule has 1 heterocycles. The molecular weight excluding hydrogens is 286 g/mol. The van der Waals surface area contributed by atoms with Crippen LogP contribution in [0.15, 0.2) is 24.3 Å². The van der Waals surface area contributed by atoms with Gasteiger partial charge in [0.05, 0.1) is 23.8 Å². The molecule has 21 heavy (non-hydrogen) atoms. The van der Waals surface area contributed by atoms with Crippen molar-refractivity contribution in [1.29, 1.82) is 0 Å². The highest BCUT2D eigenvalue weighted by Gasteiger charge is 2.15. The summed E-state index contributed by atoms with van der Waals surface area (Å²) in [7, 11) is 1.60. The molecule has 2 rings (SSSR count). The van der Waals surface area contributed by atoms with Gasteiger partial charge in [-0.25, -0.2) is 4.98 Å². The summed E-state index contributed by atoms with van der Waals surface area (Å²) in [6, 6.07) is 7.78. The molecule has 0 aliphatic heterocycles. The Labute approximate surface area is 128 Å². The third-order valence-corrected chi connectivity index (χ3v) is 4.12. The summed E-state index contributed by atoms with van der Waals surface area (Å²) in [5.41, 5.74) is 1.69. The SMILES string of the molecule is CCCOc1ccc(-c2nc(COC)c(C(C)=O)s2)cc1. The van der Waals surface area contributed by atoms with E-state index in [0.29, 0.717) is 23.8 Å². The Hall–Kier alpha value is -1.72. The van der Waals surface area contributed by atoms with Crippen LogP contribution >= 0.6 is 11.3 Å². The number of carbonyl (C=O) groups is 1. The Bertz CT molecular complexity index is 604. The van der Waals surface area contributed by atoms with Crippen LogP contribution < -0.4 is 4.74 Å². The third kappa shape index (κ3) is 3.89. The van der Waals surface area contributed by atoms with Crippen LogP contribution in [0.25, 0.3) is 10.6 Å². The first-order valence-corrected chi connectivity index (χ1v) is 7.70. The molecule has 1 aromatic carbocycles. The molecule has 0 saturated heterocycles. The molecule has 0 bridgehead atoms. The first-order chi connectivity index (χ1) is 10.2. The van der Waals surface area contributed by atoms with Gasteiger partial charge in [-0.2, -0.15) is 0 Å². The second-order valence-corrected chi connectivity index (χ2v) is 5.66. The van der Waals surface area contributed by atoms with E-state index in [0.717, 1.165) is 22.7 Å². The van der Waals surface area contributed by atoms with Crippen LogP contribution in [0, 0.1) is 0 Å². The van der Waals surface area contributed by atoms with Crippen LogP contribution in [0.2, 0.25) is 0 Å². The lowest BCUT2D eigenvalue weighted by Gasteiger charge is -2.04. The molecule has 0 amide bonds. The summed E-state index contributed by atoms with van der Waals surface area (Å²) in [6.45, 7) is 4.69. The minimum Gasteiger partial charge on any atom is -0.494 e. The fourth-order valence-corrected chi connectivity index (χ4v) is 2.87. The van der Waals surface area contributed by atoms with Crippen LogP contribution in [0.4, 0.5) is 0 Å². The maximum absolute atomic E-state index is 11.7. The number of rotatable bonds is 7. The minimum absolute atomic E-state index is 0.0219. The molecule has 0 radical (unpaired) electrons. The largest absolute Gasteiger partial charge is 0.494 e. The quantitative estimate of drug-likeness (QED) is 0.727. The summed E-state index contributed by atoms with van der Waals surface area (Å²) in [4.78, 5) is 16.8. The molecule has 0 unspecified atom stereocenters. The summed E-state index contributed by atoms with van der Waals surface area (Å²) in [5.74, 6) is 0.870. The summed E-state index contributed by atoms with van der Waals surface area (Å²) in [5, 5.41) is 0.828. The number of ether oxygens (including phenoxy) is 2. The lowest BCUT2D eigenvalue weighted by atomic mass is 10.2. The molecule has 0 aliphatic rings. The van der Waals surface area contributed by atoms with E-state index in [1.807, 2.05) is 24.3 Å². The normalized spacial score (nSPS) is 10.6. The van der Waals surface area contributed by atoms with Crippen molar-refractivity contribution < 1.29 is 14.3 Å². The van der Waals surface area contributed by atoms with Crippen LogP contribution in [-0.4, -0.2) is 24.5 Å². The molecule has 1 aromatic heterocycles. The van der Waals surface area contributed by atoms with Crippen molar-refractivity contribution in [2.45, 2.75) is 26.9 Å². The van der Waals surface area contributed by atoms with Crippen LogP contribution in [0.5, 0.6) is 5.75 Å². The van der Waals surface area contributed by atoms with Gasteiger partial charge in [0, 0.05) is 19.6 Å². The lowest BCUT2D eigenvalue weighted by Crippen LogP contribution is -1.97. The standard InChI is InChI=1S/C16H19NO3S/c1-4-9-20-13-7-5-12(6-8-13)16-17-14(10-19-3)15(21-16)11(2)18/h5-8H,4,9-10H2,1-3H3. The highest BCUT2D eigenvalue weighted by atomic mass is 32.1. The molecule has 0 spiro atoms. The van der Waals surface area contributed by atoms with E-state index < -0.39 is 0 Å². The zero-order valence-electron chi connectivity index (χ0n) is 12.5. The van der Waals surface area contributed by atoms with Crippen molar-refractivity contribution in [2.24, 2.45) is 0 Å².